The highest BCUT2D eigenvalue weighted by Gasteiger charge is 2.18. The molecule has 1 aliphatic heterocycles. The summed E-state index contributed by atoms with van der Waals surface area (Å²) in [7, 11) is 0. The molecular weight excluding hydrogens is 238 g/mol. The summed E-state index contributed by atoms with van der Waals surface area (Å²) in [4.78, 5) is 13.4. The predicted molar refractivity (Wildman–Crippen MR) is 70.4 cm³/mol. The Balaban J connectivity index is 2.04. The lowest BCUT2D eigenvalue weighted by molar-refractivity contribution is -0.148. The Hall–Kier alpha value is -0.260. The zero-order valence-corrected chi connectivity index (χ0v) is 11.6. The van der Waals surface area contributed by atoms with Gasteiger partial charge in [-0.05, 0) is 13.3 Å². The van der Waals surface area contributed by atoms with Crippen molar-refractivity contribution in [1.29, 1.82) is 0 Å². The second kappa shape index (κ2) is 8.78. The number of hydrogen-bond acceptors (Lipinski definition) is 5. The van der Waals surface area contributed by atoms with E-state index in [-0.39, 0.29) is 12.6 Å². The Kier molecular flexibility index (Phi) is 7.64. The molecule has 1 unspecified atom stereocenters. The predicted octanol–water partition coefficient (Wildman–Crippen LogP) is 1.39. The standard InChI is InChI=1S/C12H23NO3S/c1-3-11-9-13(6-8-17-11)5-7-15-10-12(14)16-4-2/h11H,3-10H2,1-2H3. The second-order valence-electron chi connectivity index (χ2n) is 4.06. The molecule has 1 saturated heterocycles. The summed E-state index contributed by atoms with van der Waals surface area (Å²) in [6, 6.07) is 0. The van der Waals surface area contributed by atoms with Gasteiger partial charge in [-0.2, -0.15) is 11.8 Å². The second-order valence-corrected chi connectivity index (χ2v) is 5.47. The fraction of sp³-hybridized carbons (Fsp3) is 0.917. The summed E-state index contributed by atoms with van der Waals surface area (Å²) >= 11 is 2.06. The molecule has 0 aromatic heterocycles. The summed E-state index contributed by atoms with van der Waals surface area (Å²) in [5.74, 6) is 0.934. The van der Waals surface area contributed by atoms with Gasteiger partial charge in [0.15, 0.2) is 0 Å². The summed E-state index contributed by atoms with van der Waals surface area (Å²) in [5, 5.41) is 0.758. The molecule has 5 heteroatoms. The number of ether oxygens (including phenoxy) is 2. The number of thioether (sulfide) groups is 1. The minimum Gasteiger partial charge on any atom is -0.464 e. The van der Waals surface area contributed by atoms with Gasteiger partial charge in [-0.15, -0.1) is 0 Å². The van der Waals surface area contributed by atoms with Gasteiger partial charge in [-0.3, -0.25) is 4.90 Å². The summed E-state index contributed by atoms with van der Waals surface area (Å²) in [5.41, 5.74) is 0. The molecule has 0 amide bonds. The highest BCUT2D eigenvalue weighted by molar-refractivity contribution is 8.00. The third kappa shape index (κ3) is 6.29. The van der Waals surface area contributed by atoms with Crippen LogP contribution >= 0.6 is 11.8 Å². The minimum atomic E-state index is -0.270. The molecule has 1 heterocycles. The quantitative estimate of drug-likeness (QED) is 0.511. The lowest BCUT2D eigenvalue weighted by Crippen LogP contribution is -2.39. The van der Waals surface area contributed by atoms with Gasteiger partial charge < -0.3 is 9.47 Å². The Labute approximate surface area is 108 Å². The van der Waals surface area contributed by atoms with Crippen molar-refractivity contribution in [3.63, 3.8) is 0 Å². The summed E-state index contributed by atoms with van der Waals surface area (Å²) in [6.07, 6.45) is 1.23. The van der Waals surface area contributed by atoms with Crippen molar-refractivity contribution >= 4 is 17.7 Å². The van der Waals surface area contributed by atoms with Crippen LogP contribution in [0.1, 0.15) is 20.3 Å². The van der Waals surface area contributed by atoms with Crippen LogP contribution in [0, 0.1) is 0 Å². The van der Waals surface area contributed by atoms with E-state index in [0.717, 1.165) is 24.9 Å². The molecule has 1 atom stereocenters. The van der Waals surface area contributed by atoms with E-state index in [1.807, 2.05) is 0 Å². The van der Waals surface area contributed by atoms with Crippen molar-refractivity contribution in [2.45, 2.75) is 25.5 Å². The molecular formula is C12H23NO3S. The van der Waals surface area contributed by atoms with Crippen LogP contribution in [-0.4, -0.2) is 61.3 Å². The van der Waals surface area contributed by atoms with Gasteiger partial charge >= 0.3 is 5.97 Å². The smallest absolute Gasteiger partial charge is 0.332 e. The first-order chi connectivity index (χ1) is 8.26. The number of rotatable bonds is 7. The van der Waals surface area contributed by atoms with Crippen LogP contribution in [0.15, 0.2) is 0 Å². The molecule has 4 nitrogen and oxygen atoms in total. The molecule has 0 saturated carbocycles. The van der Waals surface area contributed by atoms with E-state index in [4.69, 9.17) is 9.47 Å². The largest absolute Gasteiger partial charge is 0.464 e. The molecule has 0 bridgehead atoms. The number of hydrogen-bond donors (Lipinski definition) is 0. The average molecular weight is 261 g/mol. The van der Waals surface area contributed by atoms with E-state index in [9.17, 15) is 4.79 Å². The molecule has 1 fully saturated rings. The molecule has 0 N–H and O–H groups in total. The number of carbonyl (C=O) groups excluding carboxylic acids is 1. The Bertz CT molecular complexity index is 226. The molecule has 17 heavy (non-hydrogen) atoms. The maximum Gasteiger partial charge on any atom is 0.332 e. The fourth-order valence-corrected chi connectivity index (χ4v) is 3.03. The van der Waals surface area contributed by atoms with Crippen LogP contribution in [0.3, 0.4) is 0 Å². The molecule has 0 aromatic rings. The lowest BCUT2D eigenvalue weighted by atomic mass is 10.3. The first-order valence-electron chi connectivity index (χ1n) is 6.33. The molecule has 1 aliphatic rings. The average Bonchev–Trinajstić information content (AvgIpc) is 2.35. The molecule has 0 radical (unpaired) electrons. The SMILES string of the molecule is CCOC(=O)COCCN1CCSC(CC)C1. The molecule has 100 valence electrons. The van der Waals surface area contributed by atoms with E-state index in [1.54, 1.807) is 6.92 Å². The van der Waals surface area contributed by atoms with Gasteiger partial charge in [0.2, 0.25) is 0 Å². The van der Waals surface area contributed by atoms with E-state index in [2.05, 4.69) is 23.6 Å². The molecule has 0 aromatic carbocycles. The van der Waals surface area contributed by atoms with Gasteiger partial charge in [0.25, 0.3) is 0 Å². The monoisotopic (exact) mass is 261 g/mol. The highest BCUT2D eigenvalue weighted by Crippen LogP contribution is 2.20. The third-order valence-corrected chi connectivity index (χ3v) is 4.13. The van der Waals surface area contributed by atoms with Crippen molar-refractivity contribution in [3.05, 3.63) is 0 Å². The number of esters is 1. The zero-order chi connectivity index (χ0) is 12.5. The minimum absolute atomic E-state index is 0.0770. The Morgan fingerprint density at radius 1 is 1.47 bits per heavy atom. The molecule has 0 aliphatic carbocycles. The maximum atomic E-state index is 11.0. The van der Waals surface area contributed by atoms with Gasteiger partial charge in [-0.25, -0.2) is 4.79 Å². The van der Waals surface area contributed by atoms with E-state index in [1.165, 1.54) is 12.2 Å². The van der Waals surface area contributed by atoms with Crippen LogP contribution in [0.25, 0.3) is 0 Å². The molecule has 0 spiro atoms. The van der Waals surface area contributed by atoms with E-state index >= 15 is 0 Å². The van der Waals surface area contributed by atoms with Crippen LogP contribution in [0.2, 0.25) is 0 Å². The summed E-state index contributed by atoms with van der Waals surface area (Å²) < 4.78 is 10.1. The number of nitrogens with zero attached hydrogens (tertiary/aromatic N) is 1. The van der Waals surface area contributed by atoms with Crippen molar-refractivity contribution in [2.24, 2.45) is 0 Å². The van der Waals surface area contributed by atoms with Crippen LogP contribution in [0.5, 0.6) is 0 Å². The van der Waals surface area contributed by atoms with Crippen LogP contribution in [0.4, 0.5) is 0 Å². The van der Waals surface area contributed by atoms with Crippen molar-refractivity contribution in [3.8, 4) is 0 Å². The normalized spacial score (nSPS) is 21.4. The first-order valence-corrected chi connectivity index (χ1v) is 7.38. The van der Waals surface area contributed by atoms with Crippen LogP contribution < -0.4 is 0 Å². The van der Waals surface area contributed by atoms with E-state index < -0.39 is 0 Å². The Morgan fingerprint density at radius 3 is 3.00 bits per heavy atom. The number of carbonyl (C=O) groups is 1. The fourth-order valence-electron chi connectivity index (χ4n) is 1.78. The van der Waals surface area contributed by atoms with Crippen molar-refractivity contribution in [1.82, 2.24) is 4.90 Å². The maximum absolute atomic E-state index is 11.0. The third-order valence-electron chi connectivity index (χ3n) is 2.76. The molecule has 1 rings (SSSR count). The summed E-state index contributed by atoms with van der Waals surface area (Å²) in [6.45, 7) is 8.33. The topological polar surface area (TPSA) is 38.8 Å². The van der Waals surface area contributed by atoms with Gasteiger partial charge in [0, 0.05) is 30.6 Å². The lowest BCUT2D eigenvalue weighted by Gasteiger charge is -2.31. The van der Waals surface area contributed by atoms with Crippen molar-refractivity contribution in [2.75, 3.05) is 45.2 Å². The van der Waals surface area contributed by atoms with Crippen molar-refractivity contribution < 1.29 is 14.3 Å². The zero-order valence-electron chi connectivity index (χ0n) is 10.8. The van der Waals surface area contributed by atoms with Crippen LogP contribution in [-0.2, 0) is 14.3 Å². The highest BCUT2D eigenvalue weighted by atomic mass is 32.2. The Morgan fingerprint density at radius 2 is 2.29 bits per heavy atom. The van der Waals surface area contributed by atoms with Gasteiger partial charge in [-0.1, -0.05) is 6.92 Å². The van der Waals surface area contributed by atoms with Gasteiger partial charge in [0.05, 0.1) is 13.2 Å². The van der Waals surface area contributed by atoms with Gasteiger partial charge in [0.1, 0.15) is 6.61 Å². The van der Waals surface area contributed by atoms with E-state index in [0.29, 0.717) is 13.2 Å². The first kappa shape index (κ1) is 14.8.